The van der Waals surface area contributed by atoms with E-state index in [0.29, 0.717) is 5.95 Å². The van der Waals surface area contributed by atoms with Crippen LogP contribution in [0.5, 0.6) is 0 Å². The van der Waals surface area contributed by atoms with Gasteiger partial charge in [-0.2, -0.15) is 0 Å². The third kappa shape index (κ3) is 1.92. The maximum atomic E-state index is 4.25. The Morgan fingerprint density at radius 3 is 2.67 bits per heavy atom. The van der Waals surface area contributed by atoms with Crippen molar-refractivity contribution in [1.82, 2.24) is 15.3 Å². The van der Waals surface area contributed by atoms with Gasteiger partial charge < -0.3 is 10.6 Å². The molecule has 1 heterocycles. The highest BCUT2D eigenvalue weighted by Gasteiger charge is 1.99. The first-order valence-electron chi connectivity index (χ1n) is 3.92. The lowest BCUT2D eigenvalue weighted by molar-refractivity contribution is 0.797. The summed E-state index contributed by atoms with van der Waals surface area (Å²) in [6.45, 7) is 2.80. The van der Waals surface area contributed by atoms with Gasteiger partial charge in [0, 0.05) is 31.0 Å². The maximum absolute atomic E-state index is 4.25. The maximum Gasteiger partial charge on any atom is 0.222 e. The summed E-state index contributed by atoms with van der Waals surface area (Å²) in [7, 11) is 3.72. The Kier molecular flexibility index (Phi) is 2.99. The SMILES string of the molecule is CNCc1cnc(NC)nc1C. The van der Waals surface area contributed by atoms with Gasteiger partial charge in [0.2, 0.25) is 5.95 Å². The van der Waals surface area contributed by atoms with Gasteiger partial charge in [0.15, 0.2) is 0 Å². The minimum atomic E-state index is 0.673. The van der Waals surface area contributed by atoms with Gasteiger partial charge in [-0.1, -0.05) is 0 Å². The molecule has 0 radical (unpaired) electrons. The van der Waals surface area contributed by atoms with Gasteiger partial charge in [-0.15, -0.1) is 0 Å². The van der Waals surface area contributed by atoms with Crippen LogP contribution in [0.15, 0.2) is 6.20 Å². The Labute approximate surface area is 72.4 Å². The van der Waals surface area contributed by atoms with E-state index in [2.05, 4.69) is 20.6 Å². The molecular weight excluding hydrogens is 152 g/mol. The van der Waals surface area contributed by atoms with Crippen LogP contribution < -0.4 is 10.6 Å². The highest BCUT2D eigenvalue weighted by molar-refractivity contribution is 5.27. The summed E-state index contributed by atoms with van der Waals surface area (Å²) < 4.78 is 0. The van der Waals surface area contributed by atoms with Crippen molar-refractivity contribution in [2.75, 3.05) is 19.4 Å². The number of rotatable bonds is 3. The molecule has 66 valence electrons. The van der Waals surface area contributed by atoms with Gasteiger partial charge in [-0.05, 0) is 14.0 Å². The molecular formula is C8H14N4. The van der Waals surface area contributed by atoms with Crippen molar-refractivity contribution in [3.63, 3.8) is 0 Å². The quantitative estimate of drug-likeness (QED) is 0.688. The van der Waals surface area contributed by atoms with Crippen LogP contribution in [0.2, 0.25) is 0 Å². The number of aryl methyl sites for hydroxylation is 1. The third-order valence-corrected chi connectivity index (χ3v) is 1.67. The number of nitrogens with zero attached hydrogens (tertiary/aromatic N) is 2. The Morgan fingerprint density at radius 1 is 1.42 bits per heavy atom. The lowest BCUT2D eigenvalue weighted by Crippen LogP contribution is -2.09. The monoisotopic (exact) mass is 166 g/mol. The molecule has 0 fully saturated rings. The Balaban J connectivity index is 2.87. The lowest BCUT2D eigenvalue weighted by Gasteiger charge is -2.04. The predicted molar refractivity (Wildman–Crippen MR) is 49.1 cm³/mol. The van der Waals surface area contributed by atoms with Crippen LogP contribution in [0.3, 0.4) is 0 Å². The van der Waals surface area contributed by atoms with E-state index in [0.717, 1.165) is 17.8 Å². The Bertz CT molecular complexity index is 259. The molecule has 0 aliphatic carbocycles. The van der Waals surface area contributed by atoms with Crippen molar-refractivity contribution in [2.24, 2.45) is 0 Å². The molecule has 0 amide bonds. The minimum absolute atomic E-state index is 0.673. The summed E-state index contributed by atoms with van der Waals surface area (Å²) in [5, 5.41) is 5.96. The van der Waals surface area contributed by atoms with Crippen molar-refractivity contribution < 1.29 is 0 Å². The van der Waals surface area contributed by atoms with Gasteiger partial charge >= 0.3 is 0 Å². The second kappa shape index (κ2) is 4.01. The van der Waals surface area contributed by atoms with Gasteiger partial charge in [0.25, 0.3) is 0 Å². The van der Waals surface area contributed by atoms with E-state index >= 15 is 0 Å². The summed E-state index contributed by atoms with van der Waals surface area (Å²) >= 11 is 0. The first-order valence-corrected chi connectivity index (χ1v) is 3.92. The molecule has 4 nitrogen and oxygen atoms in total. The molecule has 1 aromatic rings. The topological polar surface area (TPSA) is 49.8 Å². The summed E-state index contributed by atoms with van der Waals surface area (Å²) in [5.74, 6) is 0.673. The number of hydrogen-bond acceptors (Lipinski definition) is 4. The molecule has 0 spiro atoms. The van der Waals surface area contributed by atoms with Gasteiger partial charge in [-0.25, -0.2) is 9.97 Å². The Morgan fingerprint density at radius 2 is 2.17 bits per heavy atom. The van der Waals surface area contributed by atoms with Crippen molar-refractivity contribution >= 4 is 5.95 Å². The molecule has 0 bridgehead atoms. The molecule has 0 aliphatic heterocycles. The van der Waals surface area contributed by atoms with Gasteiger partial charge in [0.1, 0.15) is 0 Å². The molecule has 0 aliphatic rings. The van der Waals surface area contributed by atoms with E-state index in [-0.39, 0.29) is 0 Å². The molecule has 2 N–H and O–H groups in total. The van der Waals surface area contributed by atoms with E-state index in [1.54, 1.807) is 0 Å². The highest BCUT2D eigenvalue weighted by atomic mass is 15.1. The van der Waals surface area contributed by atoms with Crippen LogP contribution >= 0.6 is 0 Å². The van der Waals surface area contributed by atoms with Crippen LogP contribution in [0, 0.1) is 6.92 Å². The molecule has 4 heteroatoms. The van der Waals surface area contributed by atoms with Crippen molar-refractivity contribution in [3.05, 3.63) is 17.5 Å². The van der Waals surface area contributed by atoms with E-state index in [4.69, 9.17) is 0 Å². The van der Waals surface area contributed by atoms with Crippen molar-refractivity contribution in [1.29, 1.82) is 0 Å². The summed E-state index contributed by atoms with van der Waals surface area (Å²) in [6.07, 6.45) is 1.84. The number of aromatic nitrogens is 2. The highest BCUT2D eigenvalue weighted by Crippen LogP contribution is 2.05. The first kappa shape index (κ1) is 8.93. The van der Waals surface area contributed by atoms with Crippen LogP contribution in [0.25, 0.3) is 0 Å². The number of nitrogens with one attached hydrogen (secondary N) is 2. The summed E-state index contributed by atoms with van der Waals surface area (Å²) in [4.78, 5) is 8.36. The minimum Gasteiger partial charge on any atom is -0.357 e. The van der Waals surface area contributed by atoms with Gasteiger partial charge in [-0.3, -0.25) is 0 Å². The average molecular weight is 166 g/mol. The van der Waals surface area contributed by atoms with E-state index in [1.807, 2.05) is 27.2 Å². The standard InChI is InChI=1S/C8H14N4/c1-6-7(4-9-2)5-11-8(10-3)12-6/h5,9H,4H2,1-3H3,(H,10,11,12). The zero-order chi connectivity index (χ0) is 8.97. The fourth-order valence-electron chi connectivity index (χ4n) is 0.976. The van der Waals surface area contributed by atoms with Crippen LogP contribution in [0.1, 0.15) is 11.3 Å². The van der Waals surface area contributed by atoms with E-state index in [1.165, 1.54) is 0 Å². The summed E-state index contributed by atoms with van der Waals surface area (Å²) in [6, 6.07) is 0. The fraction of sp³-hybridized carbons (Fsp3) is 0.500. The zero-order valence-electron chi connectivity index (χ0n) is 7.68. The lowest BCUT2D eigenvalue weighted by atomic mass is 10.2. The molecule has 0 saturated carbocycles. The largest absolute Gasteiger partial charge is 0.357 e. The smallest absolute Gasteiger partial charge is 0.222 e. The number of hydrogen-bond donors (Lipinski definition) is 2. The van der Waals surface area contributed by atoms with Crippen LogP contribution in [-0.2, 0) is 6.54 Å². The van der Waals surface area contributed by atoms with Crippen LogP contribution in [0.4, 0.5) is 5.95 Å². The third-order valence-electron chi connectivity index (χ3n) is 1.67. The first-order chi connectivity index (χ1) is 5.77. The van der Waals surface area contributed by atoms with E-state index in [9.17, 15) is 0 Å². The molecule has 1 rings (SSSR count). The molecule has 0 unspecified atom stereocenters. The van der Waals surface area contributed by atoms with Crippen LogP contribution in [-0.4, -0.2) is 24.1 Å². The molecule has 12 heavy (non-hydrogen) atoms. The average Bonchev–Trinajstić information content (AvgIpc) is 2.09. The molecule has 0 atom stereocenters. The molecule has 1 aromatic heterocycles. The second-order valence-corrected chi connectivity index (χ2v) is 2.58. The van der Waals surface area contributed by atoms with Crippen molar-refractivity contribution in [2.45, 2.75) is 13.5 Å². The fourth-order valence-corrected chi connectivity index (χ4v) is 0.976. The molecule has 0 aromatic carbocycles. The number of anilines is 1. The second-order valence-electron chi connectivity index (χ2n) is 2.58. The Hall–Kier alpha value is -1.16. The van der Waals surface area contributed by atoms with E-state index < -0.39 is 0 Å². The van der Waals surface area contributed by atoms with Crippen molar-refractivity contribution in [3.8, 4) is 0 Å². The summed E-state index contributed by atoms with van der Waals surface area (Å²) in [5.41, 5.74) is 2.15. The normalized spacial score (nSPS) is 9.92. The predicted octanol–water partition coefficient (Wildman–Crippen LogP) is 0.546. The van der Waals surface area contributed by atoms with Gasteiger partial charge in [0.05, 0.1) is 0 Å². The zero-order valence-corrected chi connectivity index (χ0v) is 7.68. The molecule has 0 saturated heterocycles.